The van der Waals surface area contributed by atoms with E-state index in [0.717, 1.165) is 11.5 Å². The normalized spacial score (nSPS) is 9.50. The summed E-state index contributed by atoms with van der Waals surface area (Å²) in [7, 11) is 0. The first-order valence-electron chi connectivity index (χ1n) is 5.11. The Morgan fingerprint density at radius 1 is 0.625 bits per heavy atom. The second kappa shape index (κ2) is 7.63. The number of hydrogen-bond donors (Lipinski definition) is 0. The van der Waals surface area contributed by atoms with Gasteiger partial charge >= 0.3 is 18.9 Å². The van der Waals surface area contributed by atoms with Crippen LogP contribution in [0.25, 0.3) is 0 Å². The predicted octanol–water partition coefficient (Wildman–Crippen LogP) is 3.47. The van der Waals surface area contributed by atoms with Crippen molar-refractivity contribution in [3.8, 4) is 0 Å². The van der Waals surface area contributed by atoms with Crippen LogP contribution in [0, 0.1) is 0 Å². The second-order valence-electron chi connectivity index (χ2n) is 3.46. The molecular formula is C14H15LiS. The van der Waals surface area contributed by atoms with Crippen LogP contribution in [0.5, 0.6) is 0 Å². The minimum absolute atomic E-state index is 0. The van der Waals surface area contributed by atoms with Crippen molar-refractivity contribution in [3.05, 3.63) is 71.8 Å². The molecule has 2 rings (SSSR count). The molecule has 16 heavy (non-hydrogen) atoms. The molecule has 0 aliphatic heterocycles. The van der Waals surface area contributed by atoms with Gasteiger partial charge in [0, 0.05) is 11.5 Å². The van der Waals surface area contributed by atoms with Gasteiger partial charge in [-0.1, -0.05) is 60.7 Å². The Morgan fingerprint density at radius 3 is 1.38 bits per heavy atom. The van der Waals surface area contributed by atoms with Gasteiger partial charge in [0.15, 0.2) is 0 Å². The SMILES string of the molecule is [LiH].c1ccc(CSCc2ccccc2)cc1. The zero-order chi connectivity index (χ0) is 10.3. The number of hydrogen-bond acceptors (Lipinski definition) is 1. The van der Waals surface area contributed by atoms with E-state index in [4.69, 9.17) is 0 Å². The second-order valence-corrected chi connectivity index (χ2v) is 4.45. The van der Waals surface area contributed by atoms with Gasteiger partial charge in [-0.3, -0.25) is 0 Å². The maximum atomic E-state index is 2.18. The van der Waals surface area contributed by atoms with E-state index in [1.165, 1.54) is 11.1 Å². The molecule has 0 unspecified atom stereocenters. The van der Waals surface area contributed by atoms with E-state index in [-0.39, 0.29) is 18.9 Å². The Hall–Kier alpha value is -0.613. The van der Waals surface area contributed by atoms with Gasteiger partial charge in [-0.2, -0.15) is 11.8 Å². The molecule has 0 saturated carbocycles. The molecule has 0 saturated heterocycles. The molecule has 0 fully saturated rings. The third kappa shape index (κ3) is 4.49. The van der Waals surface area contributed by atoms with Gasteiger partial charge in [-0.05, 0) is 11.1 Å². The van der Waals surface area contributed by atoms with E-state index in [1.54, 1.807) is 0 Å². The van der Waals surface area contributed by atoms with Crippen LogP contribution in [0.1, 0.15) is 11.1 Å². The molecule has 0 N–H and O–H groups in total. The molecule has 2 heteroatoms. The van der Waals surface area contributed by atoms with Crippen molar-refractivity contribution in [2.24, 2.45) is 0 Å². The fourth-order valence-electron chi connectivity index (χ4n) is 1.44. The first-order chi connectivity index (χ1) is 7.45. The standard InChI is InChI=1S/C14H14S.Li.H/c1-3-7-13(8-4-1)11-15-12-14-9-5-2-6-10-14;;/h1-10H,11-12H2;;. The Labute approximate surface area is 114 Å². The average Bonchev–Trinajstić information content (AvgIpc) is 2.32. The van der Waals surface area contributed by atoms with Crippen LogP contribution in [-0.4, -0.2) is 18.9 Å². The molecular weight excluding hydrogens is 207 g/mol. The summed E-state index contributed by atoms with van der Waals surface area (Å²) in [5, 5.41) is 0. The Balaban J connectivity index is 0.00000128. The van der Waals surface area contributed by atoms with Gasteiger partial charge in [0.05, 0.1) is 0 Å². The van der Waals surface area contributed by atoms with Gasteiger partial charge in [0.25, 0.3) is 0 Å². The molecule has 0 bridgehead atoms. The molecule has 0 aliphatic rings. The molecule has 2 aromatic rings. The third-order valence-electron chi connectivity index (χ3n) is 2.22. The van der Waals surface area contributed by atoms with Gasteiger partial charge in [-0.15, -0.1) is 0 Å². The fraction of sp³-hybridized carbons (Fsp3) is 0.143. The summed E-state index contributed by atoms with van der Waals surface area (Å²) in [4.78, 5) is 0. The smallest absolute Gasteiger partial charge is 0.0187 e. The van der Waals surface area contributed by atoms with E-state index in [2.05, 4.69) is 60.7 Å². The molecule has 78 valence electrons. The topological polar surface area (TPSA) is 0 Å². The third-order valence-corrected chi connectivity index (χ3v) is 3.30. The number of thioether (sulfide) groups is 1. The van der Waals surface area contributed by atoms with Crippen LogP contribution >= 0.6 is 11.8 Å². The van der Waals surface area contributed by atoms with E-state index >= 15 is 0 Å². The molecule has 0 aliphatic carbocycles. The maximum absolute atomic E-state index is 2.18. The van der Waals surface area contributed by atoms with Crippen LogP contribution in [0.2, 0.25) is 0 Å². The molecule has 0 amide bonds. The van der Waals surface area contributed by atoms with E-state index in [9.17, 15) is 0 Å². The van der Waals surface area contributed by atoms with Crippen LogP contribution in [0.3, 0.4) is 0 Å². The zero-order valence-electron chi connectivity index (χ0n) is 8.60. The van der Waals surface area contributed by atoms with E-state index in [1.807, 2.05) is 11.8 Å². The van der Waals surface area contributed by atoms with Gasteiger partial charge < -0.3 is 0 Å². The zero-order valence-corrected chi connectivity index (χ0v) is 9.41. The Morgan fingerprint density at radius 2 is 1.00 bits per heavy atom. The first kappa shape index (κ1) is 13.5. The van der Waals surface area contributed by atoms with Gasteiger partial charge in [0.1, 0.15) is 0 Å². The number of rotatable bonds is 4. The van der Waals surface area contributed by atoms with Crippen molar-refractivity contribution in [2.75, 3.05) is 0 Å². The molecule has 2 aromatic carbocycles. The summed E-state index contributed by atoms with van der Waals surface area (Å²) in [5.74, 6) is 2.19. The molecule has 0 radical (unpaired) electrons. The molecule has 0 aromatic heterocycles. The van der Waals surface area contributed by atoms with E-state index < -0.39 is 0 Å². The van der Waals surface area contributed by atoms with Crippen molar-refractivity contribution in [2.45, 2.75) is 11.5 Å². The average molecular weight is 222 g/mol. The molecule has 0 spiro atoms. The Kier molecular flexibility index (Phi) is 6.41. The first-order valence-corrected chi connectivity index (χ1v) is 6.26. The Bertz CT molecular complexity index is 346. The summed E-state index contributed by atoms with van der Waals surface area (Å²) >= 11 is 1.96. The van der Waals surface area contributed by atoms with Crippen LogP contribution in [0.4, 0.5) is 0 Å². The number of benzene rings is 2. The fourth-order valence-corrected chi connectivity index (χ4v) is 2.39. The van der Waals surface area contributed by atoms with Crippen molar-refractivity contribution >= 4 is 30.6 Å². The summed E-state index contributed by atoms with van der Waals surface area (Å²) in [6.45, 7) is 0. The van der Waals surface area contributed by atoms with Gasteiger partial charge in [0.2, 0.25) is 0 Å². The summed E-state index contributed by atoms with van der Waals surface area (Å²) in [5.41, 5.74) is 2.80. The predicted molar refractivity (Wildman–Crippen MR) is 75.0 cm³/mol. The van der Waals surface area contributed by atoms with Crippen molar-refractivity contribution in [1.29, 1.82) is 0 Å². The molecule has 0 atom stereocenters. The van der Waals surface area contributed by atoms with Crippen molar-refractivity contribution in [3.63, 3.8) is 0 Å². The van der Waals surface area contributed by atoms with Gasteiger partial charge in [-0.25, -0.2) is 0 Å². The van der Waals surface area contributed by atoms with E-state index in [0.29, 0.717) is 0 Å². The van der Waals surface area contributed by atoms with Crippen LogP contribution in [-0.2, 0) is 11.5 Å². The maximum Gasteiger partial charge on any atom is 0.0187 e. The minimum atomic E-state index is 0. The van der Waals surface area contributed by atoms with Crippen LogP contribution < -0.4 is 0 Å². The monoisotopic (exact) mass is 222 g/mol. The van der Waals surface area contributed by atoms with Crippen molar-refractivity contribution in [1.82, 2.24) is 0 Å². The molecule has 0 nitrogen and oxygen atoms in total. The van der Waals surface area contributed by atoms with Crippen LogP contribution in [0.15, 0.2) is 60.7 Å². The molecule has 0 heterocycles. The minimum Gasteiger partial charge on any atom is -0.152 e. The summed E-state index contributed by atoms with van der Waals surface area (Å²) < 4.78 is 0. The quantitative estimate of drug-likeness (QED) is 0.714. The summed E-state index contributed by atoms with van der Waals surface area (Å²) in [6, 6.07) is 21.2. The van der Waals surface area contributed by atoms with Crippen molar-refractivity contribution < 1.29 is 0 Å². The summed E-state index contributed by atoms with van der Waals surface area (Å²) in [6.07, 6.45) is 0. The largest absolute Gasteiger partial charge is 0.152 e.